The van der Waals surface area contributed by atoms with Crippen molar-refractivity contribution < 1.29 is 4.74 Å². The number of aryl methyl sites for hydroxylation is 1. The third-order valence-corrected chi connectivity index (χ3v) is 3.87. The third kappa shape index (κ3) is 3.82. The van der Waals surface area contributed by atoms with Crippen molar-refractivity contribution in [2.45, 2.75) is 53.0 Å². The Kier molecular flexibility index (Phi) is 4.61. The minimum Gasteiger partial charge on any atom is -0.478 e. The number of ether oxygens (including phenoxy) is 1. The summed E-state index contributed by atoms with van der Waals surface area (Å²) in [6, 6.07) is 2.36. The van der Waals surface area contributed by atoms with Crippen LogP contribution in [0.2, 0.25) is 0 Å². The van der Waals surface area contributed by atoms with Crippen LogP contribution in [0.4, 0.5) is 5.95 Å². The molecule has 1 heterocycles. The second-order valence-corrected chi connectivity index (χ2v) is 5.75. The van der Waals surface area contributed by atoms with Crippen molar-refractivity contribution in [1.82, 2.24) is 9.97 Å². The van der Waals surface area contributed by atoms with Gasteiger partial charge in [-0.1, -0.05) is 13.8 Å². The molecule has 0 aromatic carbocycles. The molecule has 0 bridgehead atoms. The van der Waals surface area contributed by atoms with E-state index >= 15 is 0 Å². The molecule has 0 spiro atoms. The van der Waals surface area contributed by atoms with Crippen LogP contribution < -0.4 is 10.1 Å². The zero-order valence-electron chi connectivity index (χ0n) is 12.4. The Labute approximate surface area is 116 Å². The fourth-order valence-electron chi connectivity index (χ4n) is 2.87. The highest BCUT2D eigenvalue weighted by Gasteiger charge is 2.25. The molecule has 3 atom stereocenters. The SMILES string of the molecule is CCOc1cc(C)nc(NC2CCC(C)CC2C)n1. The summed E-state index contributed by atoms with van der Waals surface area (Å²) < 4.78 is 5.47. The van der Waals surface area contributed by atoms with Gasteiger partial charge >= 0.3 is 0 Å². The molecule has 3 unspecified atom stereocenters. The number of rotatable bonds is 4. The number of nitrogens with zero attached hydrogens (tertiary/aromatic N) is 2. The summed E-state index contributed by atoms with van der Waals surface area (Å²) >= 11 is 0. The Balaban J connectivity index is 2.05. The van der Waals surface area contributed by atoms with E-state index in [1.165, 1.54) is 19.3 Å². The molecule has 4 heteroatoms. The average molecular weight is 263 g/mol. The minimum absolute atomic E-state index is 0.479. The maximum atomic E-state index is 5.47. The van der Waals surface area contributed by atoms with Gasteiger partial charge in [0.1, 0.15) is 0 Å². The molecule has 0 radical (unpaired) electrons. The predicted molar refractivity (Wildman–Crippen MR) is 77.5 cm³/mol. The average Bonchev–Trinajstić information content (AvgIpc) is 2.32. The van der Waals surface area contributed by atoms with E-state index in [9.17, 15) is 0 Å². The van der Waals surface area contributed by atoms with Crippen LogP contribution in [-0.2, 0) is 0 Å². The highest BCUT2D eigenvalue weighted by molar-refractivity contribution is 5.32. The Morgan fingerprint density at radius 2 is 2.11 bits per heavy atom. The lowest BCUT2D eigenvalue weighted by Gasteiger charge is -2.33. The third-order valence-electron chi connectivity index (χ3n) is 3.87. The first-order valence-corrected chi connectivity index (χ1v) is 7.33. The number of aromatic nitrogens is 2. The fourth-order valence-corrected chi connectivity index (χ4v) is 2.87. The van der Waals surface area contributed by atoms with E-state index in [4.69, 9.17) is 4.74 Å². The molecule has 0 aliphatic heterocycles. The van der Waals surface area contributed by atoms with Gasteiger partial charge in [-0.2, -0.15) is 4.98 Å². The van der Waals surface area contributed by atoms with Crippen LogP contribution in [-0.4, -0.2) is 22.6 Å². The summed E-state index contributed by atoms with van der Waals surface area (Å²) in [4.78, 5) is 8.89. The molecular formula is C15H25N3O. The van der Waals surface area contributed by atoms with Crippen molar-refractivity contribution in [1.29, 1.82) is 0 Å². The Bertz CT molecular complexity index is 422. The monoisotopic (exact) mass is 263 g/mol. The summed E-state index contributed by atoms with van der Waals surface area (Å²) in [5.74, 6) is 2.87. The van der Waals surface area contributed by atoms with Crippen LogP contribution in [0.3, 0.4) is 0 Å². The number of hydrogen-bond donors (Lipinski definition) is 1. The second-order valence-electron chi connectivity index (χ2n) is 5.75. The molecule has 1 aliphatic rings. The lowest BCUT2D eigenvalue weighted by molar-refractivity contribution is 0.275. The lowest BCUT2D eigenvalue weighted by atomic mass is 9.80. The summed E-state index contributed by atoms with van der Waals surface area (Å²) in [5.41, 5.74) is 0.942. The van der Waals surface area contributed by atoms with Gasteiger partial charge in [-0.25, -0.2) is 4.98 Å². The van der Waals surface area contributed by atoms with Crippen molar-refractivity contribution in [2.75, 3.05) is 11.9 Å². The van der Waals surface area contributed by atoms with Gasteiger partial charge in [0.25, 0.3) is 0 Å². The summed E-state index contributed by atoms with van der Waals surface area (Å²) in [7, 11) is 0. The molecule has 0 amide bonds. The smallest absolute Gasteiger partial charge is 0.226 e. The van der Waals surface area contributed by atoms with E-state index in [0.717, 1.165) is 11.6 Å². The molecule has 2 rings (SSSR count). The van der Waals surface area contributed by atoms with E-state index in [-0.39, 0.29) is 0 Å². The summed E-state index contributed by atoms with van der Waals surface area (Å²) in [6.07, 6.45) is 3.76. The zero-order chi connectivity index (χ0) is 13.8. The first-order valence-electron chi connectivity index (χ1n) is 7.33. The minimum atomic E-state index is 0.479. The summed E-state index contributed by atoms with van der Waals surface area (Å²) in [5, 5.41) is 3.49. The van der Waals surface area contributed by atoms with Crippen LogP contribution in [0.15, 0.2) is 6.07 Å². The van der Waals surface area contributed by atoms with Gasteiger partial charge in [-0.15, -0.1) is 0 Å². The molecule has 1 aliphatic carbocycles. The normalized spacial score (nSPS) is 27.1. The molecule has 4 nitrogen and oxygen atoms in total. The van der Waals surface area contributed by atoms with Crippen molar-refractivity contribution in [3.05, 3.63) is 11.8 Å². The van der Waals surface area contributed by atoms with Crippen molar-refractivity contribution in [2.24, 2.45) is 11.8 Å². The fraction of sp³-hybridized carbons (Fsp3) is 0.733. The quantitative estimate of drug-likeness (QED) is 0.904. The van der Waals surface area contributed by atoms with Crippen molar-refractivity contribution >= 4 is 5.95 Å². The molecule has 1 fully saturated rings. The van der Waals surface area contributed by atoms with E-state index in [2.05, 4.69) is 29.1 Å². The largest absolute Gasteiger partial charge is 0.478 e. The molecule has 19 heavy (non-hydrogen) atoms. The molecule has 106 valence electrons. The van der Waals surface area contributed by atoms with Gasteiger partial charge in [0, 0.05) is 17.8 Å². The van der Waals surface area contributed by atoms with Gasteiger partial charge in [0.2, 0.25) is 11.8 Å². The number of anilines is 1. The van der Waals surface area contributed by atoms with Crippen LogP contribution >= 0.6 is 0 Å². The van der Waals surface area contributed by atoms with E-state index in [1.807, 2.05) is 19.9 Å². The predicted octanol–water partition coefficient (Wildman–Crippen LogP) is 3.42. The Hall–Kier alpha value is -1.32. The lowest BCUT2D eigenvalue weighted by Crippen LogP contribution is -2.33. The molecular weight excluding hydrogens is 238 g/mol. The Morgan fingerprint density at radius 1 is 1.32 bits per heavy atom. The number of hydrogen-bond acceptors (Lipinski definition) is 4. The van der Waals surface area contributed by atoms with Crippen LogP contribution in [0.5, 0.6) is 5.88 Å². The van der Waals surface area contributed by atoms with Crippen molar-refractivity contribution in [3.8, 4) is 5.88 Å². The Morgan fingerprint density at radius 3 is 2.79 bits per heavy atom. The molecule has 1 saturated carbocycles. The van der Waals surface area contributed by atoms with Crippen LogP contribution in [0.25, 0.3) is 0 Å². The van der Waals surface area contributed by atoms with E-state index in [0.29, 0.717) is 30.4 Å². The van der Waals surface area contributed by atoms with Crippen LogP contribution in [0.1, 0.15) is 45.7 Å². The second kappa shape index (κ2) is 6.22. The summed E-state index contributed by atoms with van der Waals surface area (Å²) in [6.45, 7) is 9.22. The molecule has 1 N–H and O–H groups in total. The van der Waals surface area contributed by atoms with Crippen molar-refractivity contribution in [3.63, 3.8) is 0 Å². The number of nitrogens with one attached hydrogen (secondary N) is 1. The van der Waals surface area contributed by atoms with E-state index < -0.39 is 0 Å². The standard InChI is InChI=1S/C15H25N3O/c1-5-19-14-9-12(4)16-15(18-14)17-13-7-6-10(2)8-11(13)3/h9-11,13H,5-8H2,1-4H3,(H,16,17,18). The zero-order valence-corrected chi connectivity index (χ0v) is 12.4. The first-order chi connectivity index (χ1) is 9.08. The first kappa shape index (κ1) is 14.1. The maximum Gasteiger partial charge on any atom is 0.226 e. The van der Waals surface area contributed by atoms with Gasteiger partial charge in [0.05, 0.1) is 6.61 Å². The highest BCUT2D eigenvalue weighted by atomic mass is 16.5. The molecule has 0 saturated heterocycles. The van der Waals surface area contributed by atoms with Crippen LogP contribution in [0, 0.1) is 18.8 Å². The van der Waals surface area contributed by atoms with Gasteiger partial charge < -0.3 is 10.1 Å². The van der Waals surface area contributed by atoms with Gasteiger partial charge in [-0.05, 0) is 44.9 Å². The van der Waals surface area contributed by atoms with E-state index in [1.54, 1.807) is 0 Å². The van der Waals surface area contributed by atoms with Gasteiger partial charge in [0.15, 0.2) is 0 Å². The topological polar surface area (TPSA) is 47.0 Å². The van der Waals surface area contributed by atoms with Gasteiger partial charge in [-0.3, -0.25) is 0 Å². The highest BCUT2D eigenvalue weighted by Crippen LogP contribution is 2.30. The molecule has 1 aromatic rings. The maximum absolute atomic E-state index is 5.47. The molecule has 1 aromatic heterocycles.